The number of thioether (sulfide) groups is 1. The van der Waals surface area contributed by atoms with Crippen LogP contribution in [-0.4, -0.2) is 35.9 Å². The lowest BCUT2D eigenvalue weighted by Crippen LogP contribution is -2.08. The Morgan fingerprint density at radius 3 is 2.58 bits per heavy atom. The molecule has 0 bridgehead atoms. The Morgan fingerprint density at radius 1 is 1.09 bits per heavy atom. The van der Waals surface area contributed by atoms with E-state index in [1.165, 1.54) is 17.8 Å². The second-order valence-electron chi connectivity index (χ2n) is 7.49. The van der Waals surface area contributed by atoms with Crippen molar-refractivity contribution < 1.29 is 18.0 Å². The van der Waals surface area contributed by atoms with Gasteiger partial charge in [0.25, 0.3) is 0 Å². The maximum Gasteiger partial charge on any atom is 0.416 e. The second-order valence-corrected chi connectivity index (χ2v) is 8.43. The zero-order chi connectivity index (χ0) is 23.8. The Morgan fingerprint density at radius 2 is 1.88 bits per heavy atom. The van der Waals surface area contributed by atoms with Gasteiger partial charge in [-0.1, -0.05) is 17.8 Å². The first-order valence-corrected chi connectivity index (χ1v) is 11.0. The van der Waals surface area contributed by atoms with Gasteiger partial charge in [0.15, 0.2) is 16.8 Å². The fraction of sp³-hybridized carbons (Fsp3) is 0.217. The molecule has 4 rings (SSSR count). The number of nitrogens with zero attached hydrogens (tertiary/aromatic N) is 5. The smallest absolute Gasteiger partial charge is 0.318 e. The van der Waals surface area contributed by atoms with Gasteiger partial charge in [0.1, 0.15) is 0 Å². The lowest BCUT2D eigenvalue weighted by atomic mass is 10.1. The number of hydrogen-bond donors (Lipinski definition) is 0. The van der Waals surface area contributed by atoms with Crippen LogP contribution in [0.4, 0.5) is 13.2 Å². The van der Waals surface area contributed by atoms with Crippen LogP contribution in [0.15, 0.2) is 60.0 Å². The number of Topliss-reactive ketones (excluding diaryl/α,β-unsaturated/α-hetero) is 1. The lowest BCUT2D eigenvalue weighted by molar-refractivity contribution is -0.137. The van der Waals surface area contributed by atoms with E-state index < -0.39 is 11.7 Å². The zero-order valence-electron chi connectivity index (χ0n) is 18.1. The summed E-state index contributed by atoms with van der Waals surface area (Å²) in [7, 11) is 1.81. The molecule has 3 heterocycles. The summed E-state index contributed by atoms with van der Waals surface area (Å²) in [5.41, 5.74) is 2.18. The predicted molar refractivity (Wildman–Crippen MR) is 120 cm³/mol. The van der Waals surface area contributed by atoms with E-state index in [1.807, 2.05) is 13.1 Å². The van der Waals surface area contributed by atoms with Gasteiger partial charge < -0.3 is 9.13 Å². The van der Waals surface area contributed by atoms with Gasteiger partial charge in [-0.15, -0.1) is 10.2 Å². The molecular formula is C23H20F3N5OS. The number of ketones is 1. The molecule has 0 unspecified atom stereocenters. The molecule has 170 valence electrons. The highest BCUT2D eigenvalue weighted by atomic mass is 32.2. The number of hydrogen-bond acceptors (Lipinski definition) is 5. The number of rotatable bonds is 6. The van der Waals surface area contributed by atoms with E-state index in [2.05, 4.69) is 15.2 Å². The zero-order valence-corrected chi connectivity index (χ0v) is 18.9. The molecule has 4 aromatic rings. The van der Waals surface area contributed by atoms with Gasteiger partial charge >= 0.3 is 6.18 Å². The van der Waals surface area contributed by atoms with Gasteiger partial charge in [0, 0.05) is 47.6 Å². The molecule has 0 saturated carbocycles. The van der Waals surface area contributed by atoms with Crippen LogP contribution in [0.3, 0.4) is 0 Å². The summed E-state index contributed by atoms with van der Waals surface area (Å²) < 4.78 is 42.9. The van der Waals surface area contributed by atoms with Crippen LogP contribution in [0.25, 0.3) is 17.1 Å². The largest absolute Gasteiger partial charge is 0.416 e. The summed E-state index contributed by atoms with van der Waals surface area (Å²) in [4.78, 5) is 17.1. The van der Waals surface area contributed by atoms with Crippen LogP contribution < -0.4 is 0 Å². The highest BCUT2D eigenvalue weighted by Crippen LogP contribution is 2.32. The first kappa shape index (κ1) is 22.8. The number of halogens is 3. The molecule has 33 heavy (non-hydrogen) atoms. The SMILES string of the molecule is Cc1cc(C(=O)CSc2nnc(-c3cccnc3)n2C)c(C)n1-c1cccc(C(F)(F)F)c1. The summed E-state index contributed by atoms with van der Waals surface area (Å²) in [5.74, 6) is 0.615. The first-order chi connectivity index (χ1) is 15.7. The molecule has 0 fully saturated rings. The van der Waals surface area contributed by atoms with Crippen molar-refractivity contribution in [2.75, 3.05) is 5.75 Å². The van der Waals surface area contributed by atoms with E-state index in [9.17, 15) is 18.0 Å². The molecule has 3 aromatic heterocycles. The van der Waals surface area contributed by atoms with Gasteiger partial charge in [0.05, 0.1) is 11.3 Å². The molecule has 10 heteroatoms. The highest BCUT2D eigenvalue weighted by Gasteiger charge is 2.31. The van der Waals surface area contributed by atoms with E-state index in [0.29, 0.717) is 33.6 Å². The molecule has 0 aliphatic heterocycles. The van der Waals surface area contributed by atoms with Crippen LogP contribution in [0.1, 0.15) is 27.3 Å². The maximum atomic E-state index is 13.1. The number of alkyl halides is 3. The first-order valence-electron chi connectivity index (χ1n) is 9.99. The van der Waals surface area contributed by atoms with E-state index in [1.54, 1.807) is 53.6 Å². The molecule has 0 N–H and O–H groups in total. The van der Waals surface area contributed by atoms with Crippen molar-refractivity contribution in [1.82, 2.24) is 24.3 Å². The lowest BCUT2D eigenvalue weighted by Gasteiger charge is -2.13. The molecule has 6 nitrogen and oxygen atoms in total. The van der Waals surface area contributed by atoms with Gasteiger partial charge in [-0.05, 0) is 50.2 Å². The number of carbonyl (C=O) groups excluding carboxylic acids is 1. The summed E-state index contributed by atoms with van der Waals surface area (Å²) >= 11 is 1.25. The van der Waals surface area contributed by atoms with Gasteiger partial charge in [-0.2, -0.15) is 13.2 Å². The van der Waals surface area contributed by atoms with E-state index in [4.69, 9.17) is 0 Å². The molecular weight excluding hydrogens is 451 g/mol. The van der Waals surface area contributed by atoms with Crippen molar-refractivity contribution in [3.05, 3.63) is 77.4 Å². The van der Waals surface area contributed by atoms with Crippen molar-refractivity contribution in [2.24, 2.45) is 7.05 Å². The molecule has 0 saturated heterocycles. The molecule has 0 aliphatic rings. The van der Waals surface area contributed by atoms with E-state index in [-0.39, 0.29) is 11.5 Å². The van der Waals surface area contributed by atoms with Crippen LogP contribution in [0.5, 0.6) is 0 Å². The Kier molecular flexibility index (Phi) is 6.11. The van der Waals surface area contributed by atoms with Crippen molar-refractivity contribution in [3.63, 3.8) is 0 Å². The Hall–Kier alpha value is -3.40. The third kappa shape index (κ3) is 4.56. The minimum Gasteiger partial charge on any atom is -0.318 e. The van der Waals surface area contributed by atoms with Crippen molar-refractivity contribution in [1.29, 1.82) is 0 Å². The standard InChI is InChI=1S/C23H20F3N5OS/c1-14-10-19(15(2)31(14)18-8-4-7-17(11-18)23(24,25)26)20(32)13-33-22-29-28-21(30(22)3)16-6-5-9-27-12-16/h4-12H,13H2,1-3H3. The average molecular weight is 472 g/mol. The van der Waals surface area contributed by atoms with Gasteiger partial charge in [-0.25, -0.2) is 0 Å². The molecule has 0 amide bonds. The minimum atomic E-state index is -4.44. The Bertz CT molecular complexity index is 1310. The third-order valence-electron chi connectivity index (χ3n) is 5.25. The topological polar surface area (TPSA) is 65.6 Å². The number of aryl methyl sites for hydroxylation is 1. The van der Waals surface area contributed by atoms with Crippen molar-refractivity contribution >= 4 is 17.5 Å². The summed E-state index contributed by atoms with van der Waals surface area (Å²) in [6, 6.07) is 10.5. The number of carbonyl (C=O) groups is 1. The second kappa shape index (κ2) is 8.86. The summed E-state index contributed by atoms with van der Waals surface area (Å²) in [5, 5.41) is 8.93. The van der Waals surface area contributed by atoms with Crippen LogP contribution in [0, 0.1) is 13.8 Å². The average Bonchev–Trinajstić information content (AvgIpc) is 3.30. The maximum absolute atomic E-state index is 13.1. The summed E-state index contributed by atoms with van der Waals surface area (Å²) in [6.07, 6.45) is -1.08. The Labute approximate surface area is 192 Å². The number of aromatic nitrogens is 5. The van der Waals surface area contributed by atoms with E-state index >= 15 is 0 Å². The fourth-order valence-electron chi connectivity index (χ4n) is 3.66. The van der Waals surface area contributed by atoms with Crippen LogP contribution in [0.2, 0.25) is 0 Å². The van der Waals surface area contributed by atoms with E-state index in [0.717, 1.165) is 17.7 Å². The molecule has 0 spiro atoms. The van der Waals surface area contributed by atoms with Crippen molar-refractivity contribution in [3.8, 4) is 17.1 Å². The monoisotopic (exact) mass is 471 g/mol. The number of pyridine rings is 1. The molecule has 0 atom stereocenters. The molecule has 0 radical (unpaired) electrons. The fourth-order valence-corrected chi connectivity index (χ4v) is 4.45. The molecule has 0 aliphatic carbocycles. The van der Waals surface area contributed by atoms with Crippen LogP contribution >= 0.6 is 11.8 Å². The van der Waals surface area contributed by atoms with Gasteiger partial charge in [0.2, 0.25) is 0 Å². The quantitative estimate of drug-likeness (QED) is 0.283. The Balaban J connectivity index is 1.55. The van der Waals surface area contributed by atoms with Crippen LogP contribution in [-0.2, 0) is 13.2 Å². The molecule has 1 aromatic carbocycles. The minimum absolute atomic E-state index is 0.117. The van der Waals surface area contributed by atoms with Crippen molar-refractivity contribution in [2.45, 2.75) is 25.2 Å². The van der Waals surface area contributed by atoms with Gasteiger partial charge in [-0.3, -0.25) is 9.78 Å². The normalized spacial score (nSPS) is 11.7. The highest BCUT2D eigenvalue weighted by molar-refractivity contribution is 7.99. The number of benzene rings is 1. The third-order valence-corrected chi connectivity index (χ3v) is 6.27. The predicted octanol–water partition coefficient (Wildman–Crippen LogP) is 5.28. The summed E-state index contributed by atoms with van der Waals surface area (Å²) in [6.45, 7) is 3.49.